The second kappa shape index (κ2) is 17.5. The number of carbonyl (C=O) groups excluding carboxylic acids is 2. The molecular formula is C40H38F3N11O4. The van der Waals surface area contributed by atoms with E-state index >= 15 is 0 Å². The number of nitriles is 2. The zero-order chi connectivity index (χ0) is 41.5. The van der Waals surface area contributed by atoms with E-state index in [1.54, 1.807) is 52.4 Å². The fraction of sp³-hybridized carbons (Fsp3) is 0.325. The van der Waals surface area contributed by atoms with Crippen molar-refractivity contribution in [3.8, 4) is 40.7 Å². The van der Waals surface area contributed by atoms with Crippen molar-refractivity contribution in [3.05, 3.63) is 95.2 Å². The van der Waals surface area contributed by atoms with Gasteiger partial charge in [-0.25, -0.2) is 19.7 Å². The molecule has 0 unspecified atom stereocenters. The lowest BCUT2D eigenvalue weighted by Gasteiger charge is -2.29. The van der Waals surface area contributed by atoms with Gasteiger partial charge in [0.1, 0.15) is 30.1 Å². The Morgan fingerprint density at radius 3 is 2.50 bits per heavy atom. The van der Waals surface area contributed by atoms with E-state index in [4.69, 9.17) is 30.0 Å². The number of urea groups is 1. The summed E-state index contributed by atoms with van der Waals surface area (Å²) in [7, 11) is 0. The molecule has 3 aromatic heterocycles. The third-order valence-electron chi connectivity index (χ3n) is 9.31. The standard InChI is InChI=1S/C40H38F3N11O4/c1-4-54-36-34(22-47-38(54)56)46-21-33(51-36)30-14-15-32(49-25(30)2)35-48-24-53(52-35)16-6-5-7-17-58-39(3,23-57-29-12-8-26(19-44)9-13-29)37(55)50-28-11-10-27(20-45)31(18-28)40(41,42)43/h8-15,18,21,24H,4-7,16-17,22-23H2,1-3H3,(H,47,56)(H,50,55)/t39-/m0/s1. The minimum absolute atomic E-state index is 0.123. The number of benzene rings is 2. The van der Waals surface area contributed by atoms with Gasteiger partial charge in [0.2, 0.25) is 0 Å². The number of amides is 3. The summed E-state index contributed by atoms with van der Waals surface area (Å²) in [6, 6.07) is 16.1. The molecule has 58 heavy (non-hydrogen) atoms. The number of anilines is 2. The zero-order valence-corrected chi connectivity index (χ0v) is 31.8. The van der Waals surface area contributed by atoms with Crippen LogP contribution < -0.4 is 20.3 Å². The van der Waals surface area contributed by atoms with Crippen molar-refractivity contribution < 1.29 is 32.2 Å². The first-order valence-electron chi connectivity index (χ1n) is 18.3. The van der Waals surface area contributed by atoms with E-state index in [0.717, 1.165) is 11.6 Å². The van der Waals surface area contributed by atoms with Crippen LogP contribution in [0.15, 0.2) is 67.1 Å². The topological polar surface area (TPSA) is 197 Å². The van der Waals surface area contributed by atoms with Gasteiger partial charge in [-0.3, -0.25) is 19.4 Å². The molecule has 0 saturated heterocycles. The lowest BCUT2D eigenvalue weighted by atomic mass is 10.0. The number of nitrogens with one attached hydrogen (secondary N) is 2. The first-order chi connectivity index (χ1) is 27.8. The van der Waals surface area contributed by atoms with Gasteiger partial charge in [-0.15, -0.1) is 5.10 Å². The van der Waals surface area contributed by atoms with Crippen molar-refractivity contribution in [2.45, 2.75) is 64.9 Å². The maximum atomic E-state index is 13.6. The van der Waals surface area contributed by atoms with Crippen LogP contribution in [0.2, 0.25) is 0 Å². The highest BCUT2D eigenvalue weighted by molar-refractivity contribution is 5.97. The molecule has 0 aliphatic carbocycles. The van der Waals surface area contributed by atoms with Gasteiger partial charge in [-0.2, -0.15) is 23.7 Å². The molecule has 2 N–H and O–H groups in total. The van der Waals surface area contributed by atoms with E-state index in [1.807, 2.05) is 26.0 Å². The molecule has 0 radical (unpaired) electrons. The van der Waals surface area contributed by atoms with Crippen molar-refractivity contribution in [1.29, 1.82) is 10.5 Å². The molecule has 2 aromatic carbocycles. The molecule has 0 spiro atoms. The van der Waals surface area contributed by atoms with Gasteiger partial charge in [-0.05, 0) is 94.6 Å². The summed E-state index contributed by atoms with van der Waals surface area (Å²) in [5, 5.41) is 28.1. The molecule has 6 rings (SSSR count). The summed E-state index contributed by atoms with van der Waals surface area (Å²) in [6.07, 6.45) is 0.380. The first kappa shape index (κ1) is 40.7. The first-order valence-corrected chi connectivity index (χ1v) is 18.3. The normalized spacial score (nSPS) is 13.4. The van der Waals surface area contributed by atoms with Gasteiger partial charge < -0.3 is 20.1 Å². The molecule has 15 nitrogen and oxygen atoms in total. The quantitative estimate of drug-likeness (QED) is 0.109. The lowest BCUT2D eigenvalue weighted by Crippen LogP contribution is -2.48. The molecule has 298 valence electrons. The second-order valence-corrected chi connectivity index (χ2v) is 13.5. The van der Waals surface area contributed by atoms with E-state index in [-0.39, 0.29) is 24.9 Å². The highest BCUT2D eigenvalue weighted by atomic mass is 19.4. The molecule has 1 aliphatic heterocycles. The van der Waals surface area contributed by atoms with E-state index < -0.39 is 28.8 Å². The van der Waals surface area contributed by atoms with Crippen LogP contribution in [0, 0.1) is 29.6 Å². The smallest absolute Gasteiger partial charge is 0.417 e. The molecule has 1 atom stereocenters. The fourth-order valence-corrected chi connectivity index (χ4v) is 6.08. The van der Waals surface area contributed by atoms with Gasteiger partial charge in [0.25, 0.3) is 5.91 Å². The number of ether oxygens (including phenoxy) is 2. The van der Waals surface area contributed by atoms with Crippen molar-refractivity contribution in [1.82, 2.24) is 35.0 Å². The Labute approximate surface area is 331 Å². The van der Waals surface area contributed by atoms with Crippen LogP contribution in [0.1, 0.15) is 61.2 Å². The Balaban J connectivity index is 1.05. The lowest BCUT2D eigenvalue weighted by molar-refractivity contribution is -0.143. The Kier molecular flexibility index (Phi) is 12.3. The van der Waals surface area contributed by atoms with Crippen LogP contribution in [-0.4, -0.2) is 67.0 Å². The Bertz CT molecular complexity index is 2390. The van der Waals surface area contributed by atoms with Crippen molar-refractivity contribution in [2.24, 2.45) is 0 Å². The highest BCUT2D eigenvalue weighted by Crippen LogP contribution is 2.34. The molecular weight excluding hydrogens is 756 g/mol. The molecule has 0 fully saturated rings. The maximum Gasteiger partial charge on any atom is 0.417 e. The predicted octanol–water partition coefficient (Wildman–Crippen LogP) is 6.58. The number of aromatic nitrogens is 6. The molecule has 4 heterocycles. The molecule has 0 saturated carbocycles. The van der Waals surface area contributed by atoms with Crippen LogP contribution in [0.5, 0.6) is 5.75 Å². The number of rotatable bonds is 15. The Morgan fingerprint density at radius 1 is 1.00 bits per heavy atom. The Hall–Kier alpha value is -6.92. The van der Waals surface area contributed by atoms with Crippen molar-refractivity contribution in [2.75, 3.05) is 30.0 Å². The van der Waals surface area contributed by atoms with Crippen LogP contribution in [0.3, 0.4) is 0 Å². The number of pyridine rings is 1. The molecule has 1 aliphatic rings. The fourth-order valence-electron chi connectivity index (χ4n) is 6.08. The van der Waals surface area contributed by atoms with E-state index in [0.29, 0.717) is 90.7 Å². The Morgan fingerprint density at radius 2 is 1.79 bits per heavy atom. The second-order valence-electron chi connectivity index (χ2n) is 13.5. The minimum atomic E-state index is -4.81. The molecule has 5 aromatic rings. The van der Waals surface area contributed by atoms with Gasteiger partial charge >= 0.3 is 12.2 Å². The number of halogens is 3. The zero-order valence-electron chi connectivity index (χ0n) is 31.8. The predicted molar refractivity (Wildman–Crippen MR) is 204 cm³/mol. The number of alkyl halides is 3. The van der Waals surface area contributed by atoms with Crippen LogP contribution in [0.4, 0.5) is 29.5 Å². The maximum absolute atomic E-state index is 13.6. The van der Waals surface area contributed by atoms with Crippen LogP contribution >= 0.6 is 0 Å². The van der Waals surface area contributed by atoms with Gasteiger partial charge in [0.05, 0.1) is 47.3 Å². The van der Waals surface area contributed by atoms with E-state index in [2.05, 4.69) is 25.7 Å². The van der Waals surface area contributed by atoms with Crippen molar-refractivity contribution >= 4 is 23.4 Å². The van der Waals surface area contributed by atoms with Crippen LogP contribution in [-0.2, 0) is 28.8 Å². The van der Waals surface area contributed by atoms with Gasteiger partial charge in [0.15, 0.2) is 17.2 Å². The largest absolute Gasteiger partial charge is 0.490 e. The number of hydrogen-bond donors (Lipinski definition) is 2. The molecule has 3 amide bonds. The molecule has 0 bridgehead atoms. The van der Waals surface area contributed by atoms with E-state index in [9.17, 15) is 22.8 Å². The third kappa shape index (κ3) is 9.36. The summed E-state index contributed by atoms with van der Waals surface area (Å²) in [5.41, 5.74) is 0.177. The average molecular weight is 794 g/mol. The number of nitrogens with zero attached hydrogens (tertiary/aromatic N) is 9. The summed E-state index contributed by atoms with van der Waals surface area (Å²) in [4.78, 5) is 45.8. The number of fused-ring (bicyclic) bond motifs is 1. The summed E-state index contributed by atoms with van der Waals surface area (Å²) in [6.45, 7) is 6.33. The molecule has 18 heteroatoms. The summed E-state index contributed by atoms with van der Waals surface area (Å²) >= 11 is 0. The van der Waals surface area contributed by atoms with Crippen molar-refractivity contribution in [3.63, 3.8) is 0 Å². The monoisotopic (exact) mass is 793 g/mol. The van der Waals surface area contributed by atoms with Gasteiger partial charge in [-0.1, -0.05) is 0 Å². The number of carbonyl (C=O) groups is 2. The minimum Gasteiger partial charge on any atom is -0.490 e. The number of aryl methyl sites for hydroxylation is 2. The average Bonchev–Trinajstić information content (AvgIpc) is 3.70. The van der Waals surface area contributed by atoms with E-state index in [1.165, 1.54) is 19.1 Å². The summed E-state index contributed by atoms with van der Waals surface area (Å²) < 4.78 is 54.4. The SMILES string of the molecule is CCN1C(=O)NCc2ncc(-c3ccc(-c4ncn(CCCCCO[C@@](C)(COc5ccc(C#N)cc5)C(=O)Nc5ccc(C#N)c(C(F)(F)F)c5)n4)nc3C)nc21. The summed E-state index contributed by atoms with van der Waals surface area (Å²) in [5.74, 6) is 0.575. The third-order valence-corrected chi connectivity index (χ3v) is 9.31. The number of hydrogen-bond acceptors (Lipinski definition) is 11. The highest BCUT2D eigenvalue weighted by Gasteiger charge is 2.37. The number of unbranched alkanes of at least 4 members (excludes halogenated alkanes) is 2. The van der Waals surface area contributed by atoms with Gasteiger partial charge in [0, 0.05) is 36.6 Å². The van der Waals surface area contributed by atoms with Crippen LogP contribution in [0.25, 0.3) is 22.8 Å².